The van der Waals surface area contributed by atoms with E-state index in [1.54, 1.807) is 12.1 Å². The third-order valence-corrected chi connectivity index (χ3v) is 8.01. The number of ether oxygens (including phenoxy) is 2. The first-order valence-corrected chi connectivity index (χ1v) is 16.0. The van der Waals surface area contributed by atoms with Gasteiger partial charge in [0.2, 0.25) is 10.0 Å². The van der Waals surface area contributed by atoms with E-state index in [2.05, 4.69) is 45.9 Å². The molecule has 3 aromatic rings. The number of fused-ring (bicyclic) bond motifs is 1. The first kappa shape index (κ1) is 30.8. The van der Waals surface area contributed by atoms with Crippen molar-refractivity contribution in [2.75, 3.05) is 12.9 Å². The number of nitrogens with one attached hydrogen (secondary N) is 1. The van der Waals surface area contributed by atoms with Crippen LogP contribution in [0.3, 0.4) is 0 Å². The topological polar surface area (TPSA) is 108 Å². The molecule has 0 aliphatic carbocycles. The smallest absolute Gasteiger partial charge is 0.265 e. The number of benzene rings is 1. The van der Waals surface area contributed by atoms with Crippen LogP contribution in [-0.2, 0) is 21.2 Å². The van der Waals surface area contributed by atoms with Crippen molar-refractivity contribution in [2.45, 2.75) is 85.4 Å². The molecule has 4 rings (SSSR count). The maximum absolute atomic E-state index is 13.5. The Hall–Kier alpha value is -3.17. The zero-order valence-corrected chi connectivity index (χ0v) is 26.3. The van der Waals surface area contributed by atoms with E-state index in [4.69, 9.17) is 18.9 Å². The van der Waals surface area contributed by atoms with Gasteiger partial charge < -0.3 is 13.9 Å². The molecular weight excluding hydrogens is 540 g/mol. The van der Waals surface area contributed by atoms with Crippen LogP contribution in [0, 0.1) is 19.8 Å². The lowest BCUT2D eigenvalue weighted by Gasteiger charge is -2.45. The fourth-order valence-corrected chi connectivity index (χ4v) is 6.69. The van der Waals surface area contributed by atoms with Crippen molar-refractivity contribution in [1.82, 2.24) is 9.71 Å². The second-order valence-corrected chi connectivity index (χ2v) is 14.2. The first-order chi connectivity index (χ1) is 19.0. The number of aromatic nitrogens is 1. The van der Waals surface area contributed by atoms with Crippen molar-refractivity contribution in [1.29, 1.82) is 0 Å². The highest BCUT2D eigenvalue weighted by molar-refractivity contribution is 7.89. The van der Waals surface area contributed by atoms with Gasteiger partial charge >= 0.3 is 0 Å². The van der Waals surface area contributed by atoms with Gasteiger partial charge in [-0.2, -0.15) is 0 Å². The summed E-state index contributed by atoms with van der Waals surface area (Å²) in [5.41, 5.74) is 3.32. The van der Waals surface area contributed by atoms with Crippen LogP contribution in [0.25, 0.3) is 28.4 Å². The van der Waals surface area contributed by atoms with Crippen LogP contribution < -0.4 is 9.46 Å². The lowest BCUT2D eigenvalue weighted by atomic mass is 9.81. The van der Waals surface area contributed by atoms with E-state index in [1.807, 2.05) is 26.0 Å². The van der Waals surface area contributed by atoms with Crippen molar-refractivity contribution in [3.63, 3.8) is 0 Å². The quantitative estimate of drug-likeness (QED) is 0.297. The third kappa shape index (κ3) is 6.84. The number of hydrogen-bond donors (Lipinski definition) is 1. The molecule has 1 aliphatic rings. The fourth-order valence-electron chi connectivity index (χ4n) is 6.24. The van der Waals surface area contributed by atoms with Crippen molar-refractivity contribution in [3.05, 3.63) is 52.8 Å². The molecule has 222 valence electrons. The van der Waals surface area contributed by atoms with Crippen molar-refractivity contribution in [2.24, 2.45) is 5.92 Å². The van der Waals surface area contributed by atoms with Gasteiger partial charge in [0.05, 0.1) is 40.5 Å². The van der Waals surface area contributed by atoms with Crippen LogP contribution in [0.4, 0.5) is 0 Å². The first-order valence-electron chi connectivity index (χ1n) is 14.1. The second-order valence-electron chi connectivity index (χ2n) is 12.4. The molecule has 0 bridgehead atoms. The van der Waals surface area contributed by atoms with Gasteiger partial charge in [-0.1, -0.05) is 26.0 Å². The molecule has 9 heteroatoms. The summed E-state index contributed by atoms with van der Waals surface area (Å²) >= 11 is 0. The van der Waals surface area contributed by atoms with E-state index in [1.165, 1.54) is 0 Å². The highest BCUT2D eigenvalue weighted by atomic mass is 32.2. The van der Waals surface area contributed by atoms with Crippen LogP contribution in [0.5, 0.6) is 5.75 Å². The number of sulfonamides is 1. The number of rotatable bonds is 9. The molecule has 1 saturated heterocycles. The highest BCUT2D eigenvalue weighted by Crippen LogP contribution is 2.40. The van der Waals surface area contributed by atoms with E-state index in [-0.39, 0.29) is 22.7 Å². The predicted molar refractivity (Wildman–Crippen MR) is 163 cm³/mol. The van der Waals surface area contributed by atoms with Crippen molar-refractivity contribution >= 4 is 32.9 Å². The molecule has 2 aromatic heterocycles. The van der Waals surface area contributed by atoms with Gasteiger partial charge in [0.1, 0.15) is 17.2 Å². The van der Waals surface area contributed by atoms with Gasteiger partial charge in [-0.15, -0.1) is 0 Å². The summed E-state index contributed by atoms with van der Waals surface area (Å²) in [5.74, 6) is 1.13. The van der Waals surface area contributed by atoms with Crippen molar-refractivity contribution in [3.8, 4) is 17.2 Å². The zero-order valence-electron chi connectivity index (χ0n) is 25.4. The van der Waals surface area contributed by atoms with Crippen LogP contribution in [0.2, 0.25) is 0 Å². The fraction of sp³-hybridized carbons (Fsp3) is 0.500. The summed E-state index contributed by atoms with van der Waals surface area (Å²) in [7, 11) is -3.83. The number of nitrogens with zero attached hydrogens (tertiary/aromatic N) is 1. The van der Waals surface area contributed by atoms with Crippen LogP contribution >= 0.6 is 0 Å². The predicted octanol–water partition coefficient (Wildman–Crippen LogP) is 6.76. The minimum absolute atomic E-state index is 0.148. The lowest BCUT2D eigenvalue weighted by molar-refractivity contribution is -0.175. The van der Waals surface area contributed by atoms with Gasteiger partial charge in [0, 0.05) is 11.1 Å². The van der Waals surface area contributed by atoms with Gasteiger partial charge in [-0.25, -0.2) is 18.1 Å². The third-order valence-electron chi connectivity index (χ3n) is 7.46. The number of pyridine rings is 1. The Morgan fingerprint density at radius 3 is 2.44 bits per heavy atom. The second kappa shape index (κ2) is 11.2. The Morgan fingerprint density at radius 2 is 1.85 bits per heavy atom. The summed E-state index contributed by atoms with van der Waals surface area (Å²) in [6.07, 6.45) is 6.02. The average Bonchev–Trinajstić information content (AvgIpc) is 3.15. The van der Waals surface area contributed by atoms with Crippen LogP contribution in [0.15, 0.2) is 29.2 Å². The van der Waals surface area contributed by atoms with E-state index in [0.717, 1.165) is 48.6 Å². The Kier molecular flexibility index (Phi) is 8.45. The molecule has 0 radical (unpaired) electrons. The van der Waals surface area contributed by atoms with Crippen LogP contribution in [-0.4, -0.2) is 43.4 Å². The molecule has 0 saturated carbocycles. The monoisotopic (exact) mass is 582 g/mol. The molecule has 1 N–H and O–H groups in total. The summed E-state index contributed by atoms with van der Waals surface area (Å²) in [6.45, 7) is 18.6. The molecule has 1 fully saturated rings. The number of amides is 1. The van der Waals surface area contributed by atoms with E-state index in [9.17, 15) is 13.2 Å². The largest absolute Gasteiger partial charge is 0.493 e. The number of hydrogen-bond acceptors (Lipinski definition) is 7. The molecule has 0 unspecified atom stereocenters. The molecule has 3 heterocycles. The Morgan fingerprint density at radius 1 is 1.20 bits per heavy atom. The number of carbonyl (C=O) groups excluding carboxylic acids is 1. The maximum Gasteiger partial charge on any atom is 0.265 e. The standard InChI is InChI=1S/C32H42N2O6S/c1-10-12-22-20(4)29(39-25(22)11-2)24-15-23(30(35)34-41(9,36)37)27-26(14-13-19(3)28(27)33-24)38-18-21-16-31(5,6)40-32(7,8)17-21/h11,13-15,21H,2,10,12,16-18H2,1,3-9H3,(H,34,35). The van der Waals surface area contributed by atoms with Gasteiger partial charge in [0.15, 0.2) is 5.76 Å². The summed E-state index contributed by atoms with van der Waals surface area (Å²) in [5, 5.41) is 0.461. The molecule has 41 heavy (non-hydrogen) atoms. The maximum atomic E-state index is 13.5. The number of furan rings is 1. The molecule has 1 amide bonds. The molecule has 8 nitrogen and oxygen atoms in total. The van der Waals surface area contributed by atoms with Gasteiger partial charge in [0.25, 0.3) is 5.91 Å². The van der Waals surface area contributed by atoms with Gasteiger partial charge in [-0.3, -0.25) is 4.79 Å². The molecule has 1 aromatic carbocycles. The highest BCUT2D eigenvalue weighted by Gasteiger charge is 2.39. The SMILES string of the molecule is C=Cc1oc(-c2cc(C(=O)NS(C)(=O)=O)c3c(OCC4CC(C)(C)OC(C)(C)C4)ccc(C)c3n2)c(C)c1CCC. The Labute approximate surface area is 243 Å². The van der Waals surface area contributed by atoms with Gasteiger partial charge in [-0.05, 0) is 90.5 Å². The van der Waals surface area contributed by atoms with E-state index >= 15 is 0 Å². The van der Waals surface area contributed by atoms with E-state index in [0.29, 0.717) is 40.5 Å². The summed E-state index contributed by atoms with van der Waals surface area (Å²) in [6, 6.07) is 5.31. The minimum atomic E-state index is -3.83. The van der Waals surface area contributed by atoms with E-state index < -0.39 is 15.9 Å². The van der Waals surface area contributed by atoms with Crippen LogP contribution in [0.1, 0.15) is 86.7 Å². The number of aryl methyl sites for hydroxylation is 1. The Balaban J connectivity index is 1.86. The molecular formula is C32H42N2O6S. The van der Waals surface area contributed by atoms with Crippen molar-refractivity contribution < 1.29 is 27.1 Å². The number of carbonyl (C=O) groups is 1. The molecule has 1 aliphatic heterocycles. The summed E-state index contributed by atoms with van der Waals surface area (Å²) < 4.78 is 45.2. The molecule has 0 atom stereocenters. The lowest BCUT2D eigenvalue weighted by Crippen LogP contribution is -2.46. The zero-order chi connectivity index (χ0) is 30.3. The molecule has 0 spiro atoms. The summed E-state index contributed by atoms with van der Waals surface area (Å²) in [4.78, 5) is 18.4. The average molecular weight is 583 g/mol. The minimum Gasteiger partial charge on any atom is -0.493 e. The normalized spacial score (nSPS) is 17.0. The Bertz CT molecular complexity index is 1580.